The van der Waals surface area contributed by atoms with Gasteiger partial charge in [-0.2, -0.15) is 0 Å². The van der Waals surface area contributed by atoms with Crippen molar-refractivity contribution in [2.24, 2.45) is 0 Å². The van der Waals surface area contributed by atoms with Crippen molar-refractivity contribution < 1.29 is 23.4 Å². The molecule has 0 fully saturated rings. The summed E-state index contributed by atoms with van der Waals surface area (Å²) in [6, 6.07) is 8.68. The van der Waals surface area contributed by atoms with Gasteiger partial charge in [-0.3, -0.25) is 4.79 Å². The number of hydrogen-bond acceptors (Lipinski definition) is 6. The zero-order chi connectivity index (χ0) is 18.7. The molecule has 0 bridgehead atoms. The van der Waals surface area contributed by atoms with Crippen LogP contribution in [0.2, 0.25) is 0 Å². The van der Waals surface area contributed by atoms with E-state index >= 15 is 0 Å². The van der Waals surface area contributed by atoms with Gasteiger partial charge in [0.2, 0.25) is 6.79 Å². The topological polar surface area (TPSA) is 75.0 Å². The summed E-state index contributed by atoms with van der Waals surface area (Å²) in [6.07, 6.45) is -0.217. The molecule has 27 heavy (non-hydrogen) atoms. The maximum atomic E-state index is 12.9. The van der Waals surface area contributed by atoms with Gasteiger partial charge in [0.05, 0.1) is 17.4 Å². The van der Waals surface area contributed by atoms with E-state index in [-0.39, 0.29) is 19.0 Å². The molecule has 0 N–H and O–H groups in total. The Hall–Kier alpha value is -3.28. The van der Waals surface area contributed by atoms with Crippen LogP contribution in [0.25, 0.3) is 11.0 Å². The fraction of sp³-hybridized carbons (Fsp3) is 0.238. The Morgan fingerprint density at radius 3 is 2.63 bits per heavy atom. The summed E-state index contributed by atoms with van der Waals surface area (Å²) in [5, 5.41) is 0.661. The molecule has 2 aliphatic rings. The van der Waals surface area contributed by atoms with Crippen LogP contribution in [0.3, 0.4) is 0 Å². The molecule has 0 radical (unpaired) electrons. The van der Waals surface area contributed by atoms with Gasteiger partial charge in [0, 0.05) is 6.07 Å². The SMILES string of the molecule is Cc1cc2oc(=O)cc(C)c2c2c1C(=O)C[C@H](c1ccc3c(c1)OCO3)O2. The number of aryl methyl sites for hydroxylation is 2. The second-order valence-electron chi connectivity index (χ2n) is 6.87. The standard InChI is InChI=1S/C21H16O6/c1-10-5-17-20(11(2)6-18(23)26-17)21-19(10)13(22)8-15(27-21)12-3-4-14-16(7-12)25-9-24-14/h3-7,15H,8-9H2,1-2H3/t15-/m1/s1. The normalized spacial score (nSPS) is 17.7. The number of carbonyl (C=O) groups excluding carboxylic acids is 1. The predicted molar refractivity (Wildman–Crippen MR) is 96.8 cm³/mol. The van der Waals surface area contributed by atoms with E-state index in [4.69, 9.17) is 18.6 Å². The van der Waals surface area contributed by atoms with Crippen LogP contribution < -0.4 is 19.8 Å². The van der Waals surface area contributed by atoms with Gasteiger partial charge in [0.25, 0.3) is 0 Å². The van der Waals surface area contributed by atoms with Gasteiger partial charge in [-0.1, -0.05) is 6.07 Å². The Bertz CT molecular complexity index is 1170. The largest absolute Gasteiger partial charge is 0.484 e. The molecule has 2 aromatic carbocycles. The number of fused-ring (bicyclic) bond motifs is 4. The van der Waals surface area contributed by atoms with Crippen molar-refractivity contribution >= 4 is 16.8 Å². The van der Waals surface area contributed by atoms with Gasteiger partial charge < -0.3 is 18.6 Å². The van der Waals surface area contributed by atoms with Crippen LogP contribution in [-0.2, 0) is 0 Å². The van der Waals surface area contributed by atoms with Crippen molar-refractivity contribution in [3.8, 4) is 17.2 Å². The maximum absolute atomic E-state index is 12.9. The quantitative estimate of drug-likeness (QED) is 0.611. The lowest BCUT2D eigenvalue weighted by molar-refractivity contribution is 0.0852. The first kappa shape index (κ1) is 15.9. The second kappa shape index (κ2) is 5.61. The summed E-state index contributed by atoms with van der Waals surface area (Å²) in [6.45, 7) is 3.82. The highest BCUT2D eigenvalue weighted by atomic mass is 16.7. The minimum absolute atomic E-state index is 0.00363. The molecular weight excluding hydrogens is 348 g/mol. The van der Waals surface area contributed by atoms with Crippen molar-refractivity contribution in [1.82, 2.24) is 0 Å². The van der Waals surface area contributed by atoms with Crippen LogP contribution in [0.15, 0.2) is 39.5 Å². The Labute approximate surface area is 154 Å². The van der Waals surface area contributed by atoms with Gasteiger partial charge in [0.15, 0.2) is 17.3 Å². The average Bonchev–Trinajstić information content (AvgIpc) is 3.08. The fourth-order valence-electron chi connectivity index (χ4n) is 3.82. The van der Waals surface area contributed by atoms with Crippen molar-refractivity contribution in [3.63, 3.8) is 0 Å². The van der Waals surface area contributed by atoms with E-state index in [0.717, 1.165) is 16.7 Å². The Balaban J connectivity index is 1.68. The molecule has 6 heteroatoms. The number of rotatable bonds is 1. The molecule has 0 unspecified atom stereocenters. The molecule has 3 aromatic rings. The van der Waals surface area contributed by atoms with E-state index in [0.29, 0.717) is 33.8 Å². The number of ketones is 1. The lowest BCUT2D eigenvalue weighted by atomic mass is 9.91. The average molecular weight is 364 g/mol. The molecular formula is C21H16O6. The smallest absolute Gasteiger partial charge is 0.336 e. The summed E-state index contributed by atoms with van der Waals surface area (Å²) >= 11 is 0. The van der Waals surface area contributed by atoms with Gasteiger partial charge in [-0.25, -0.2) is 4.79 Å². The fourth-order valence-corrected chi connectivity index (χ4v) is 3.82. The van der Waals surface area contributed by atoms with Crippen LogP contribution >= 0.6 is 0 Å². The summed E-state index contributed by atoms with van der Waals surface area (Å²) < 4.78 is 22.4. The van der Waals surface area contributed by atoms with E-state index < -0.39 is 11.7 Å². The molecule has 0 amide bonds. The van der Waals surface area contributed by atoms with Crippen molar-refractivity contribution in [3.05, 3.63) is 63.0 Å². The third kappa shape index (κ3) is 2.40. The highest BCUT2D eigenvalue weighted by Gasteiger charge is 2.32. The first-order valence-corrected chi connectivity index (χ1v) is 8.69. The third-order valence-corrected chi connectivity index (χ3v) is 5.06. The monoisotopic (exact) mass is 364 g/mol. The van der Waals surface area contributed by atoms with Gasteiger partial charge >= 0.3 is 5.63 Å². The Kier molecular flexibility index (Phi) is 3.31. The van der Waals surface area contributed by atoms with Gasteiger partial charge in [-0.15, -0.1) is 0 Å². The number of hydrogen-bond donors (Lipinski definition) is 0. The van der Waals surface area contributed by atoms with Crippen molar-refractivity contribution in [2.45, 2.75) is 26.4 Å². The van der Waals surface area contributed by atoms with E-state index in [1.807, 2.05) is 32.0 Å². The number of ether oxygens (including phenoxy) is 3. The summed E-state index contributed by atoms with van der Waals surface area (Å²) in [7, 11) is 0. The molecule has 3 heterocycles. The number of benzene rings is 2. The summed E-state index contributed by atoms with van der Waals surface area (Å²) in [5.41, 5.74) is 2.85. The Morgan fingerprint density at radius 2 is 1.78 bits per heavy atom. The maximum Gasteiger partial charge on any atom is 0.336 e. The third-order valence-electron chi connectivity index (χ3n) is 5.06. The van der Waals surface area contributed by atoms with E-state index in [1.165, 1.54) is 6.07 Å². The van der Waals surface area contributed by atoms with Crippen LogP contribution in [0, 0.1) is 13.8 Å². The molecule has 0 saturated carbocycles. The Morgan fingerprint density at radius 1 is 0.963 bits per heavy atom. The first-order valence-electron chi connectivity index (χ1n) is 8.69. The van der Waals surface area contributed by atoms with Gasteiger partial charge in [-0.05, 0) is 48.7 Å². The molecule has 0 saturated heterocycles. The lowest BCUT2D eigenvalue weighted by Gasteiger charge is -2.28. The molecule has 0 aliphatic carbocycles. The molecule has 6 nitrogen and oxygen atoms in total. The van der Waals surface area contributed by atoms with Crippen LogP contribution in [0.4, 0.5) is 0 Å². The zero-order valence-corrected chi connectivity index (χ0v) is 14.8. The van der Waals surface area contributed by atoms with Crippen LogP contribution in [0.1, 0.15) is 39.6 Å². The number of Topliss-reactive ketones (excluding diaryl/α,β-unsaturated/α-hetero) is 1. The minimum Gasteiger partial charge on any atom is -0.484 e. The molecule has 136 valence electrons. The summed E-state index contributed by atoms with van der Waals surface area (Å²) in [4.78, 5) is 24.7. The lowest BCUT2D eigenvalue weighted by Crippen LogP contribution is -2.22. The van der Waals surface area contributed by atoms with Crippen LogP contribution in [0.5, 0.6) is 17.2 Å². The molecule has 2 aliphatic heterocycles. The molecule has 0 spiro atoms. The molecule has 1 atom stereocenters. The summed E-state index contributed by atoms with van der Waals surface area (Å²) in [5.74, 6) is 1.81. The highest BCUT2D eigenvalue weighted by molar-refractivity contribution is 6.07. The highest BCUT2D eigenvalue weighted by Crippen LogP contribution is 2.44. The molecule has 1 aromatic heterocycles. The van der Waals surface area contributed by atoms with E-state index in [9.17, 15) is 9.59 Å². The van der Waals surface area contributed by atoms with Crippen molar-refractivity contribution in [1.29, 1.82) is 0 Å². The van der Waals surface area contributed by atoms with Crippen molar-refractivity contribution in [2.75, 3.05) is 6.79 Å². The zero-order valence-electron chi connectivity index (χ0n) is 14.8. The van der Waals surface area contributed by atoms with Crippen LogP contribution in [-0.4, -0.2) is 12.6 Å². The first-order chi connectivity index (χ1) is 13.0. The van der Waals surface area contributed by atoms with E-state index in [1.54, 1.807) is 6.07 Å². The molecule has 5 rings (SSSR count). The van der Waals surface area contributed by atoms with Gasteiger partial charge in [0.1, 0.15) is 17.4 Å². The number of carbonyl (C=O) groups is 1. The van der Waals surface area contributed by atoms with E-state index in [2.05, 4.69) is 0 Å². The predicted octanol–water partition coefficient (Wildman–Crippen LogP) is 3.85. The minimum atomic E-state index is -0.448. The second-order valence-corrected chi connectivity index (χ2v) is 6.87.